The Balaban J connectivity index is 1.36. The summed E-state index contributed by atoms with van der Waals surface area (Å²) in [5.41, 5.74) is 4.72. The molecule has 6 heteroatoms. The molecule has 0 aliphatic carbocycles. The van der Waals surface area contributed by atoms with Crippen molar-refractivity contribution in [2.75, 3.05) is 37.4 Å². The fourth-order valence-corrected chi connectivity index (χ4v) is 4.29. The van der Waals surface area contributed by atoms with Crippen LogP contribution in [0.25, 0.3) is 0 Å². The number of likely N-dealkylation sites (tertiary alicyclic amines) is 1. The standard InChI is InChI=1S/C28H32N4O2/c1-31(2)26-15-13-21(14-16-26)19-29-27(33)23-9-6-8-22(18-23)24-10-7-17-32(20-24)28(34)30-25-11-4-3-5-12-25/h3-6,8-9,11-16,18,24H,7,10,17,19-20H2,1-2H3,(H,29,33)(H,30,34)/t24-/m0/s1. The second kappa shape index (κ2) is 10.9. The largest absolute Gasteiger partial charge is 0.378 e. The van der Waals surface area contributed by atoms with Gasteiger partial charge >= 0.3 is 6.03 Å². The average Bonchev–Trinajstić information content (AvgIpc) is 2.88. The van der Waals surface area contributed by atoms with Gasteiger partial charge in [-0.1, -0.05) is 42.5 Å². The number of rotatable bonds is 6. The van der Waals surface area contributed by atoms with E-state index in [0.717, 1.165) is 41.9 Å². The Bertz CT molecular complexity index is 1110. The Labute approximate surface area is 201 Å². The van der Waals surface area contributed by atoms with Crippen LogP contribution in [0.15, 0.2) is 78.9 Å². The van der Waals surface area contributed by atoms with Gasteiger partial charge in [0.1, 0.15) is 0 Å². The third-order valence-electron chi connectivity index (χ3n) is 6.26. The fourth-order valence-electron chi connectivity index (χ4n) is 4.29. The minimum atomic E-state index is -0.0898. The van der Waals surface area contributed by atoms with E-state index in [-0.39, 0.29) is 17.9 Å². The van der Waals surface area contributed by atoms with Crippen molar-refractivity contribution in [3.05, 3.63) is 95.6 Å². The normalized spacial score (nSPS) is 15.5. The molecule has 1 fully saturated rings. The van der Waals surface area contributed by atoms with Gasteiger partial charge in [0.2, 0.25) is 0 Å². The first-order valence-corrected chi connectivity index (χ1v) is 11.7. The number of urea groups is 1. The number of benzene rings is 3. The molecule has 1 saturated heterocycles. The van der Waals surface area contributed by atoms with Crippen LogP contribution in [-0.4, -0.2) is 44.0 Å². The van der Waals surface area contributed by atoms with Crippen LogP contribution in [-0.2, 0) is 6.54 Å². The van der Waals surface area contributed by atoms with Crippen LogP contribution in [0.4, 0.5) is 16.2 Å². The summed E-state index contributed by atoms with van der Waals surface area (Å²) in [6, 6.07) is 25.4. The van der Waals surface area contributed by atoms with Crippen molar-refractivity contribution in [3.8, 4) is 0 Å². The second-order valence-electron chi connectivity index (χ2n) is 8.95. The minimum absolute atomic E-state index is 0.0786. The van der Waals surface area contributed by atoms with Gasteiger partial charge in [-0.25, -0.2) is 4.79 Å². The zero-order chi connectivity index (χ0) is 23.9. The van der Waals surface area contributed by atoms with Crippen LogP contribution >= 0.6 is 0 Å². The summed E-state index contributed by atoms with van der Waals surface area (Å²) in [5, 5.41) is 6.00. The Morgan fingerprint density at radius 2 is 1.74 bits per heavy atom. The lowest BCUT2D eigenvalue weighted by Gasteiger charge is -2.33. The predicted octanol–water partition coefficient (Wildman–Crippen LogP) is 5.09. The number of anilines is 2. The summed E-state index contributed by atoms with van der Waals surface area (Å²) in [4.78, 5) is 29.5. The first kappa shape index (κ1) is 23.4. The van der Waals surface area contributed by atoms with Crippen molar-refractivity contribution >= 4 is 23.3 Å². The zero-order valence-corrected chi connectivity index (χ0v) is 19.8. The summed E-state index contributed by atoms with van der Waals surface area (Å²) in [6.45, 7) is 1.86. The van der Waals surface area contributed by atoms with Gasteiger partial charge in [0.05, 0.1) is 0 Å². The van der Waals surface area contributed by atoms with Crippen LogP contribution in [0, 0.1) is 0 Å². The molecule has 0 bridgehead atoms. The molecule has 0 unspecified atom stereocenters. The molecule has 0 spiro atoms. The molecule has 2 N–H and O–H groups in total. The lowest BCUT2D eigenvalue weighted by molar-refractivity contribution is 0.0950. The van der Waals surface area contributed by atoms with E-state index in [1.807, 2.05) is 96.7 Å². The summed E-state index contributed by atoms with van der Waals surface area (Å²) in [6.07, 6.45) is 1.94. The van der Waals surface area contributed by atoms with Crippen molar-refractivity contribution in [1.82, 2.24) is 10.2 Å². The van der Waals surface area contributed by atoms with Gasteiger partial charge in [0.15, 0.2) is 0 Å². The van der Waals surface area contributed by atoms with E-state index in [4.69, 9.17) is 0 Å². The van der Waals surface area contributed by atoms with Crippen molar-refractivity contribution in [2.45, 2.75) is 25.3 Å². The van der Waals surface area contributed by atoms with E-state index in [0.29, 0.717) is 18.7 Å². The highest BCUT2D eigenvalue weighted by Crippen LogP contribution is 2.28. The maximum absolute atomic E-state index is 12.8. The number of carbonyl (C=O) groups excluding carboxylic acids is 2. The highest BCUT2D eigenvalue weighted by molar-refractivity contribution is 5.94. The Kier molecular flexibility index (Phi) is 7.48. The molecule has 1 aliphatic rings. The monoisotopic (exact) mass is 456 g/mol. The molecule has 0 aromatic heterocycles. The Morgan fingerprint density at radius 3 is 2.47 bits per heavy atom. The van der Waals surface area contributed by atoms with Gasteiger partial charge in [0, 0.05) is 56.6 Å². The van der Waals surface area contributed by atoms with E-state index in [2.05, 4.69) is 16.7 Å². The van der Waals surface area contributed by atoms with Crippen molar-refractivity contribution in [1.29, 1.82) is 0 Å². The van der Waals surface area contributed by atoms with Gasteiger partial charge in [-0.15, -0.1) is 0 Å². The lowest BCUT2D eigenvalue weighted by Crippen LogP contribution is -2.41. The van der Waals surface area contributed by atoms with Gasteiger partial charge in [0.25, 0.3) is 5.91 Å². The van der Waals surface area contributed by atoms with Crippen LogP contribution in [0.3, 0.4) is 0 Å². The number of hydrogen-bond donors (Lipinski definition) is 2. The van der Waals surface area contributed by atoms with E-state index < -0.39 is 0 Å². The highest BCUT2D eigenvalue weighted by atomic mass is 16.2. The first-order valence-electron chi connectivity index (χ1n) is 11.7. The molecule has 0 saturated carbocycles. The molecule has 0 radical (unpaired) electrons. The summed E-state index contributed by atoms with van der Waals surface area (Å²) in [7, 11) is 4.01. The molecule has 3 aromatic carbocycles. The summed E-state index contributed by atoms with van der Waals surface area (Å²) in [5.74, 6) is 0.120. The molecule has 1 heterocycles. The lowest BCUT2D eigenvalue weighted by atomic mass is 9.89. The SMILES string of the molecule is CN(C)c1ccc(CNC(=O)c2cccc([C@H]3CCCN(C(=O)Nc4ccccc4)C3)c2)cc1. The highest BCUT2D eigenvalue weighted by Gasteiger charge is 2.25. The van der Waals surface area contributed by atoms with Crippen molar-refractivity contribution in [2.24, 2.45) is 0 Å². The molecule has 1 aliphatic heterocycles. The van der Waals surface area contributed by atoms with Crippen LogP contribution < -0.4 is 15.5 Å². The van der Waals surface area contributed by atoms with Crippen molar-refractivity contribution < 1.29 is 9.59 Å². The Hall–Kier alpha value is -3.80. The average molecular weight is 457 g/mol. The van der Waals surface area contributed by atoms with Crippen LogP contribution in [0.5, 0.6) is 0 Å². The molecule has 176 valence electrons. The number of carbonyl (C=O) groups is 2. The van der Waals surface area contributed by atoms with Crippen LogP contribution in [0.2, 0.25) is 0 Å². The van der Waals surface area contributed by atoms with Gasteiger partial charge in [-0.3, -0.25) is 4.79 Å². The van der Waals surface area contributed by atoms with E-state index in [9.17, 15) is 9.59 Å². The number of piperidine rings is 1. The molecule has 34 heavy (non-hydrogen) atoms. The quantitative estimate of drug-likeness (QED) is 0.543. The molecular weight excluding hydrogens is 424 g/mol. The summed E-state index contributed by atoms with van der Waals surface area (Å²) < 4.78 is 0. The maximum Gasteiger partial charge on any atom is 0.321 e. The van der Waals surface area contributed by atoms with E-state index in [1.165, 1.54) is 0 Å². The van der Waals surface area contributed by atoms with Crippen molar-refractivity contribution in [3.63, 3.8) is 0 Å². The third-order valence-corrected chi connectivity index (χ3v) is 6.26. The number of amides is 3. The molecule has 6 nitrogen and oxygen atoms in total. The molecule has 3 aromatic rings. The van der Waals surface area contributed by atoms with E-state index >= 15 is 0 Å². The molecular formula is C28H32N4O2. The topological polar surface area (TPSA) is 64.7 Å². The number of para-hydroxylation sites is 1. The smallest absolute Gasteiger partial charge is 0.321 e. The fraction of sp³-hybridized carbons (Fsp3) is 0.286. The number of hydrogen-bond acceptors (Lipinski definition) is 3. The van der Waals surface area contributed by atoms with Gasteiger partial charge < -0.3 is 20.4 Å². The maximum atomic E-state index is 12.8. The second-order valence-corrected chi connectivity index (χ2v) is 8.95. The van der Waals surface area contributed by atoms with Gasteiger partial charge in [-0.05, 0) is 60.4 Å². The van der Waals surface area contributed by atoms with Gasteiger partial charge in [-0.2, -0.15) is 0 Å². The third kappa shape index (κ3) is 5.95. The zero-order valence-electron chi connectivity index (χ0n) is 19.8. The van der Waals surface area contributed by atoms with Crippen LogP contribution in [0.1, 0.15) is 40.2 Å². The molecule has 4 rings (SSSR count). The Morgan fingerprint density at radius 1 is 0.971 bits per heavy atom. The predicted molar refractivity (Wildman–Crippen MR) is 137 cm³/mol. The van der Waals surface area contributed by atoms with E-state index in [1.54, 1.807) is 0 Å². The number of nitrogens with one attached hydrogen (secondary N) is 2. The summed E-state index contributed by atoms with van der Waals surface area (Å²) >= 11 is 0. The first-order chi connectivity index (χ1) is 16.5. The molecule has 1 atom stereocenters. The number of nitrogens with zero attached hydrogens (tertiary/aromatic N) is 2. The molecule has 3 amide bonds. The minimum Gasteiger partial charge on any atom is -0.378 e.